The van der Waals surface area contributed by atoms with Gasteiger partial charge in [-0.1, -0.05) is 5.16 Å². The van der Waals surface area contributed by atoms with Gasteiger partial charge >= 0.3 is 0 Å². The van der Waals surface area contributed by atoms with Gasteiger partial charge in [0.05, 0.1) is 32.4 Å². The zero-order valence-electron chi connectivity index (χ0n) is 24.4. The fourth-order valence-electron chi connectivity index (χ4n) is 5.59. The molecule has 2 aromatic heterocycles. The first-order chi connectivity index (χ1) is 20.1. The molecule has 12 nitrogen and oxygen atoms in total. The largest absolute Gasteiger partial charge is 0.495 e. The minimum atomic E-state index is -4.21. The third-order valence-corrected chi connectivity index (χ3v) is 9.54. The molecule has 0 amide bonds. The van der Waals surface area contributed by atoms with E-state index in [-0.39, 0.29) is 27.8 Å². The molecule has 0 bridgehead atoms. The molecule has 224 valence electrons. The molecule has 2 aromatic carbocycles. The molecular weight excluding hydrogens is 560 g/mol. The molecule has 13 heteroatoms. The molecule has 0 radical (unpaired) electrons. The number of aromatic amines is 1. The summed E-state index contributed by atoms with van der Waals surface area (Å²) in [6.45, 7) is 6.06. The Balaban J connectivity index is 1.29. The molecule has 3 heterocycles. The zero-order chi connectivity index (χ0) is 29.6. The van der Waals surface area contributed by atoms with Crippen LogP contribution in [0.4, 0.5) is 17.3 Å². The van der Waals surface area contributed by atoms with E-state index in [9.17, 15) is 8.42 Å². The summed E-state index contributed by atoms with van der Waals surface area (Å²) in [6.07, 6.45) is 4.55. The van der Waals surface area contributed by atoms with Crippen LogP contribution in [0, 0.1) is 0 Å². The number of hydrogen-bond donors (Lipinski definition) is 3. The summed E-state index contributed by atoms with van der Waals surface area (Å²) in [5.74, 6) is 2.01. The lowest BCUT2D eigenvalue weighted by Crippen LogP contribution is -2.37. The first kappa shape index (κ1) is 28.2. The van der Waals surface area contributed by atoms with Crippen molar-refractivity contribution in [2.24, 2.45) is 0 Å². The molecule has 0 unspecified atom stereocenters. The highest BCUT2D eigenvalue weighted by molar-refractivity contribution is 7.93. The second-order valence-electron chi connectivity index (χ2n) is 11.5. The lowest BCUT2D eigenvalue weighted by Gasteiger charge is -2.31. The average Bonchev–Trinajstić information content (AvgIpc) is 3.46. The molecular formula is C29H36N6O6S. The lowest BCUT2D eigenvalue weighted by molar-refractivity contribution is 0.166. The molecule has 3 N–H and O–H groups in total. The van der Waals surface area contributed by atoms with Crippen molar-refractivity contribution in [2.45, 2.75) is 62.4 Å². The number of rotatable bonds is 11. The Morgan fingerprint density at radius 1 is 1.05 bits per heavy atom. The van der Waals surface area contributed by atoms with Gasteiger partial charge in [-0.05, 0) is 69.8 Å². The predicted octanol–water partition coefficient (Wildman–Crippen LogP) is 5.37. The number of nitrogens with one attached hydrogen (secondary N) is 3. The molecule has 4 aromatic rings. The van der Waals surface area contributed by atoms with Gasteiger partial charge in [0.2, 0.25) is 0 Å². The summed E-state index contributed by atoms with van der Waals surface area (Å²) in [5.41, 5.74) is 3.01. The highest BCUT2D eigenvalue weighted by atomic mass is 32.2. The van der Waals surface area contributed by atoms with Crippen LogP contribution in [0.3, 0.4) is 0 Å². The Morgan fingerprint density at radius 2 is 1.76 bits per heavy atom. The molecule has 42 heavy (non-hydrogen) atoms. The van der Waals surface area contributed by atoms with Gasteiger partial charge in [-0.2, -0.15) is 5.10 Å². The fourth-order valence-corrected chi connectivity index (χ4v) is 6.91. The highest BCUT2D eigenvalue weighted by Crippen LogP contribution is 2.42. The third kappa shape index (κ3) is 5.34. The minimum absolute atomic E-state index is 0.0117. The number of fused-ring (bicyclic) bond motifs is 1. The van der Waals surface area contributed by atoms with E-state index in [1.165, 1.54) is 21.3 Å². The van der Waals surface area contributed by atoms with E-state index in [0.29, 0.717) is 40.7 Å². The fraction of sp³-hybridized carbons (Fsp3) is 0.448. The first-order valence-electron chi connectivity index (χ1n) is 13.9. The molecule has 0 spiro atoms. The van der Waals surface area contributed by atoms with Crippen LogP contribution in [0.5, 0.6) is 17.2 Å². The van der Waals surface area contributed by atoms with Gasteiger partial charge in [-0.15, -0.1) is 0 Å². The topological polar surface area (TPSA) is 144 Å². The van der Waals surface area contributed by atoms with E-state index in [2.05, 4.69) is 44.1 Å². The van der Waals surface area contributed by atoms with E-state index in [0.717, 1.165) is 43.5 Å². The smallest absolute Gasteiger partial charge is 0.270 e. The van der Waals surface area contributed by atoms with Crippen LogP contribution in [0.1, 0.15) is 56.7 Å². The summed E-state index contributed by atoms with van der Waals surface area (Å²) in [4.78, 5) is 2.26. The minimum Gasteiger partial charge on any atom is -0.495 e. The second kappa shape index (κ2) is 10.7. The molecule has 6 rings (SSSR count). The van der Waals surface area contributed by atoms with Crippen LogP contribution in [-0.2, 0) is 16.6 Å². The summed E-state index contributed by atoms with van der Waals surface area (Å²) < 4.78 is 52.3. The van der Waals surface area contributed by atoms with Gasteiger partial charge in [0.25, 0.3) is 10.0 Å². The summed E-state index contributed by atoms with van der Waals surface area (Å²) in [5, 5.41) is 15.1. The number of hydrogen-bond acceptors (Lipinski definition) is 10. The van der Waals surface area contributed by atoms with Crippen molar-refractivity contribution in [2.75, 3.05) is 37.9 Å². The summed E-state index contributed by atoms with van der Waals surface area (Å²) >= 11 is 0. The number of likely N-dealkylation sites (tertiary alicyclic amines) is 1. The maximum atomic E-state index is 13.8. The molecule has 1 saturated heterocycles. The maximum absolute atomic E-state index is 13.8. The summed E-state index contributed by atoms with van der Waals surface area (Å²) in [7, 11) is 0.200. The number of ether oxygens (including phenoxy) is 3. The molecule has 2 fully saturated rings. The maximum Gasteiger partial charge on any atom is 0.270 e. The van der Waals surface area contributed by atoms with Gasteiger partial charge < -0.3 is 24.1 Å². The number of benzene rings is 2. The Morgan fingerprint density at radius 3 is 2.38 bits per heavy atom. The van der Waals surface area contributed by atoms with E-state index < -0.39 is 10.0 Å². The Bertz CT molecular complexity index is 1700. The predicted molar refractivity (Wildman–Crippen MR) is 158 cm³/mol. The zero-order valence-corrected chi connectivity index (χ0v) is 25.2. The molecule has 1 aliphatic carbocycles. The van der Waals surface area contributed by atoms with E-state index in [4.69, 9.17) is 18.7 Å². The quantitative estimate of drug-likeness (QED) is 0.207. The van der Waals surface area contributed by atoms with Crippen LogP contribution in [0.2, 0.25) is 0 Å². The van der Waals surface area contributed by atoms with Crippen LogP contribution in [0.25, 0.3) is 11.0 Å². The van der Waals surface area contributed by atoms with Gasteiger partial charge in [0.1, 0.15) is 17.2 Å². The van der Waals surface area contributed by atoms with Crippen LogP contribution < -0.4 is 24.2 Å². The molecule has 2 aliphatic rings. The van der Waals surface area contributed by atoms with Gasteiger partial charge in [-0.3, -0.25) is 14.7 Å². The number of methoxy groups -OCH3 is 3. The van der Waals surface area contributed by atoms with Crippen molar-refractivity contribution >= 4 is 38.3 Å². The Hall–Kier alpha value is -3.97. The van der Waals surface area contributed by atoms with Crippen molar-refractivity contribution in [1.29, 1.82) is 0 Å². The second-order valence-corrected chi connectivity index (χ2v) is 13.1. The van der Waals surface area contributed by atoms with Crippen molar-refractivity contribution in [3.63, 3.8) is 0 Å². The van der Waals surface area contributed by atoms with Crippen molar-refractivity contribution in [3.05, 3.63) is 41.6 Å². The first-order valence-corrected chi connectivity index (χ1v) is 15.4. The number of sulfonamides is 1. The van der Waals surface area contributed by atoms with Gasteiger partial charge in [-0.25, -0.2) is 8.42 Å². The Kier molecular flexibility index (Phi) is 7.17. The van der Waals surface area contributed by atoms with Crippen LogP contribution in [-0.4, -0.2) is 62.1 Å². The lowest BCUT2D eigenvalue weighted by atomic mass is 10.0. The van der Waals surface area contributed by atoms with Crippen LogP contribution in [0.15, 0.2) is 39.8 Å². The van der Waals surface area contributed by atoms with Crippen molar-refractivity contribution in [3.8, 4) is 17.2 Å². The van der Waals surface area contributed by atoms with E-state index >= 15 is 0 Å². The Labute approximate surface area is 244 Å². The van der Waals surface area contributed by atoms with Crippen LogP contribution >= 0.6 is 0 Å². The number of H-pyrrole nitrogens is 1. The highest BCUT2D eigenvalue weighted by Gasteiger charge is 2.33. The van der Waals surface area contributed by atoms with Crippen molar-refractivity contribution in [1.82, 2.24) is 20.3 Å². The van der Waals surface area contributed by atoms with Crippen molar-refractivity contribution < 1.29 is 27.2 Å². The number of aromatic nitrogens is 3. The third-order valence-electron chi connectivity index (χ3n) is 8.14. The van der Waals surface area contributed by atoms with Gasteiger partial charge in [0.15, 0.2) is 22.1 Å². The number of nitrogens with zero attached hydrogens (tertiary/aromatic N) is 3. The molecule has 0 atom stereocenters. The SMILES string of the molecule is COc1cc2c(NS(=O)(=O)c3c(OC)cc(CN4CCCC4(C)C)cc3OC)noc2cc1Nc1cc(C2CC2)[nH]n1. The average molecular weight is 597 g/mol. The molecule has 1 saturated carbocycles. The normalized spacial score (nSPS) is 17.0. The summed E-state index contributed by atoms with van der Waals surface area (Å²) in [6, 6.07) is 8.82. The van der Waals surface area contributed by atoms with E-state index in [1.807, 2.05) is 6.07 Å². The van der Waals surface area contributed by atoms with Gasteiger partial charge in [0, 0.05) is 35.8 Å². The standard InChI is InChI=1S/C29H36N6O6S/c1-29(2)9-6-10-35(29)16-17-11-24(39-4)27(25(12-17)40-5)42(36,37)34-28-19-13-23(38-3)21(14-22(19)41-33-28)30-26-15-20(31-32-26)18-7-8-18/h11-15,18H,6-10,16H2,1-5H3,(H,33,34)(H2,30,31,32). The monoisotopic (exact) mass is 596 g/mol. The van der Waals surface area contributed by atoms with E-state index in [1.54, 1.807) is 24.3 Å². The molecule has 1 aliphatic heterocycles. The number of anilines is 3.